The standard InChI is InChI=1S/C23H21N5O/c1-2-16-10-11-19(26-22(29)17-7-4-3-5-8-17)13-20(16)27-23-25-15-21(28-23)18-9-6-12-24-14-18/h3-15H,2H2,1H3,(H,26,29)(H2,25,27,28). The molecule has 2 aromatic heterocycles. The Balaban J connectivity index is 1.55. The predicted octanol–water partition coefficient (Wildman–Crippen LogP) is 5.03. The molecule has 2 heterocycles. The number of carbonyl (C=O) groups is 1. The van der Waals surface area contributed by atoms with Gasteiger partial charge in [0.05, 0.1) is 11.9 Å². The molecule has 1 amide bonds. The highest BCUT2D eigenvalue weighted by Crippen LogP contribution is 2.26. The summed E-state index contributed by atoms with van der Waals surface area (Å²) in [5, 5.41) is 6.28. The number of amides is 1. The van der Waals surface area contributed by atoms with Gasteiger partial charge in [-0.25, -0.2) is 4.98 Å². The molecule has 4 rings (SSSR count). The number of imidazole rings is 1. The van der Waals surface area contributed by atoms with Gasteiger partial charge in [0, 0.05) is 34.9 Å². The summed E-state index contributed by atoms with van der Waals surface area (Å²) in [5.74, 6) is 0.489. The lowest BCUT2D eigenvalue weighted by molar-refractivity contribution is 0.102. The first-order valence-corrected chi connectivity index (χ1v) is 9.44. The second kappa shape index (κ2) is 8.39. The van der Waals surface area contributed by atoms with Gasteiger partial charge in [-0.3, -0.25) is 9.78 Å². The van der Waals surface area contributed by atoms with Crippen LogP contribution < -0.4 is 10.6 Å². The molecule has 0 bridgehead atoms. The maximum absolute atomic E-state index is 12.4. The number of hydrogen-bond donors (Lipinski definition) is 3. The molecule has 0 atom stereocenters. The minimum atomic E-state index is -0.141. The smallest absolute Gasteiger partial charge is 0.255 e. The molecule has 29 heavy (non-hydrogen) atoms. The number of anilines is 3. The number of carbonyl (C=O) groups excluding carboxylic acids is 1. The molecule has 0 spiro atoms. The van der Waals surface area contributed by atoms with Crippen molar-refractivity contribution in [1.82, 2.24) is 15.0 Å². The quantitative estimate of drug-likeness (QED) is 0.436. The predicted molar refractivity (Wildman–Crippen MR) is 115 cm³/mol. The van der Waals surface area contributed by atoms with E-state index in [9.17, 15) is 4.79 Å². The molecule has 0 fully saturated rings. The van der Waals surface area contributed by atoms with E-state index in [1.165, 1.54) is 0 Å². The van der Waals surface area contributed by atoms with Gasteiger partial charge in [0.25, 0.3) is 5.91 Å². The minimum absolute atomic E-state index is 0.141. The van der Waals surface area contributed by atoms with E-state index in [4.69, 9.17) is 0 Å². The summed E-state index contributed by atoms with van der Waals surface area (Å²) in [5.41, 5.74) is 5.21. The highest BCUT2D eigenvalue weighted by molar-refractivity contribution is 6.04. The maximum Gasteiger partial charge on any atom is 0.255 e. The fourth-order valence-electron chi connectivity index (χ4n) is 3.05. The van der Waals surface area contributed by atoms with E-state index in [0.29, 0.717) is 11.5 Å². The molecular weight excluding hydrogens is 362 g/mol. The Morgan fingerprint density at radius 3 is 2.66 bits per heavy atom. The van der Waals surface area contributed by atoms with Crippen molar-refractivity contribution >= 4 is 23.2 Å². The van der Waals surface area contributed by atoms with Crippen molar-refractivity contribution in [1.29, 1.82) is 0 Å². The Morgan fingerprint density at radius 2 is 1.90 bits per heavy atom. The average Bonchev–Trinajstić information content (AvgIpc) is 3.24. The monoisotopic (exact) mass is 383 g/mol. The van der Waals surface area contributed by atoms with Gasteiger partial charge < -0.3 is 15.6 Å². The van der Waals surface area contributed by atoms with Gasteiger partial charge >= 0.3 is 0 Å². The third kappa shape index (κ3) is 4.32. The van der Waals surface area contributed by atoms with Crippen LogP contribution in [-0.2, 0) is 6.42 Å². The lowest BCUT2D eigenvalue weighted by atomic mass is 10.1. The molecule has 144 valence electrons. The molecule has 6 heteroatoms. The van der Waals surface area contributed by atoms with Gasteiger partial charge in [-0.15, -0.1) is 0 Å². The first-order chi connectivity index (χ1) is 14.2. The summed E-state index contributed by atoms with van der Waals surface area (Å²) in [7, 11) is 0. The Bertz CT molecular complexity index is 1110. The number of benzene rings is 2. The van der Waals surface area contributed by atoms with Crippen LogP contribution in [0.1, 0.15) is 22.8 Å². The van der Waals surface area contributed by atoms with Gasteiger partial charge in [-0.1, -0.05) is 31.2 Å². The molecule has 0 radical (unpaired) electrons. The fraction of sp³-hybridized carbons (Fsp3) is 0.0870. The number of nitrogens with one attached hydrogen (secondary N) is 3. The van der Waals surface area contributed by atoms with E-state index >= 15 is 0 Å². The van der Waals surface area contributed by atoms with Crippen LogP contribution in [0.2, 0.25) is 0 Å². The second-order valence-corrected chi connectivity index (χ2v) is 6.56. The minimum Gasteiger partial charge on any atom is -0.325 e. The van der Waals surface area contributed by atoms with Crippen molar-refractivity contribution in [3.8, 4) is 11.3 Å². The zero-order valence-corrected chi connectivity index (χ0v) is 16.0. The third-order valence-electron chi connectivity index (χ3n) is 4.59. The van der Waals surface area contributed by atoms with E-state index in [1.807, 2.05) is 48.5 Å². The lowest BCUT2D eigenvalue weighted by Crippen LogP contribution is -2.12. The molecule has 6 nitrogen and oxygen atoms in total. The molecule has 4 aromatic rings. The first-order valence-electron chi connectivity index (χ1n) is 9.44. The lowest BCUT2D eigenvalue weighted by Gasteiger charge is -2.12. The van der Waals surface area contributed by atoms with Crippen LogP contribution in [0.25, 0.3) is 11.3 Å². The van der Waals surface area contributed by atoms with Gasteiger partial charge in [-0.2, -0.15) is 0 Å². The van der Waals surface area contributed by atoms with E-state index < -0.39 is 0 Å². The molecule has 2 aromatic carbocycles. The van der Waals surface area contributed by atoms with Crippen molar-refractivity contribution in [2.24, 2.45) is 0 Å². The number of rotatable bonds is 6. The van der Waals surface area contributed by atoms with Crippen molar-refractivity contribution in [2.45, 2.75) is 13.3 Å². The molecule has 0 aliphatic heterocycles. The normalized spacial score (nSPS) is 10.5. The number of H-pyrrole nitrogens is 1. The summed E-state index contributed by atoms with van der Waals surface area (Å²) in [6.07, 6.45) is 6.15. The molecule has 0 unspecified atom stereocenters. The summed E-state index contributed by atoms with van der Waals surface area (Å²) >= 11 is 0. The van der Waals surface area contributed by atoms with Crippen LogP contribution >= 0.6 is 0 Å². The van der Waals surface area contributed by atoms with Crippen LogP contribution in [-0.4, -0.2) is 20.9 Å². The number of pyridine rings is 1. The molecule has 0 saturated heterocycles. The van der Waals surface area contributed by atoms with E-state index in [0.717, 1.165) is 34.6 Å². The largest absolute Gasteiger partial charge is 0.325 e. The number of hydrogen-bond acceptors (Lipinski definition) is 4. The van der Waals surface area contributed by atoms with E-state index in [1.54, 1.807) is 30.7 Å². The highest BCUT2D eigenvalue weighted by atomic mass is 16.1. The zero-order chi connectivity index (χ0) is 20.1. The Hall–Kier alpha value is -3.93. The number of aryl methyl sites for hydroxylation is 1. The van der Waals surface area contributed by atoms with Crippen molar-refractivity contribution < 1.29 is 4.79 Å². The topological polar surface area (TPSA) is 82.7 Å². The van der Waals surface area contributed by atoms with Gasteiger partial charge in [-0.05, 0) is 48.4 Å². The van der Waals surface area contributed by atoms with E-state index in [2.05, 4.69) is 32.5 Å². The van der Waals surface area contributed by atoms with Crippen molar-refractivity contribution in [2.75, 3.05) is 10.6 Å². The van der Waals surface area contributed by atoms with Gasteiger partial charge in [0.2, 0.25) is 5.95 Å². The summed E-state index contributed by atoms with van der Waals surface area (Å²) in [6.45, 7) is 2.09. The fourth-order valence-corrected chi connectivity index (χ4v) is 3.05. The maximum atomic E-state index is 12.4. The molecule has 3 N–H and O–H groups in total. The Morgan fingerprint density at radius 1 is 1.03 bits per heavy atom. The molecule has 0 aliphatic rings. The summed E-state index contributed by atoms with van der Waals surface area (Å²) in [6, 6.07) is 18.9. The number of aromatic nitrogens is 3. The highest BCUT2D eigenvalue weighted by Gasteiger charge is 2.10. The van der Waals surface area contributed by atoms with Crippen LogP contribution in [0.4, 0.5) is 17.3 Å². The molecular formula is C23H21N5O. The summed E-state index contributed by atoms with van der Waals surface area (Å²) in [4.78, 5) is 24.3. The zero-order valence-electron chi connectivity index (χ0n) is 16.0. The number of aromatic amines is 1. The van der Waals surface area contributed by atoms with Crippen LogP contribution in [0.5, 0.6) is 0 Å². The third-order valence-corrected chi connectivity index (χ3v) is 4.59. The van der Waals surface area contributed by atoms with Gasteiger partial charge in [0.1, 0.15) is 0 Å². The Kier molecular flexibility index (Phi) is 5.33. The number of nitrogens with zero attached hydrogens (tertiary/aromatic N) is 2. The van der Waals surface area contributed by atoms with Crippen molar-refractivity contribution in [3.63, 3.8) is 0 Å². The SMILES string of the molecule is CCc1ccc(NC(=O)c2ccccc2)cc1Nc1ncc(-c2cccnc2)[nH]1. The average molecular weight is 383 g/mol. The van der Waals surface area contributed by atoms with Crippen LogP contribution in [0.15, 0.2) is 79.3 Å². The van der Waals surface area contributed by atoms with Crippen molar-refractivity contribution in [3.05, 3.63) is 90.4 Å². The van der Waals surface area contributed by atoms with Crippen LogP contribution in [0.3, 0.4) is 0 Å². The second-order valence-electron chi connectivity index (χ2n) is 6.56. The first kappa shape index (κ1) is 18.4. The van der Waals surface area contributed by atoms with Gasteiger partial charge in [0.15, 0.2) is 0 Å². The molecule has 0 saturated carbocycles. The molecule has 0 aliphatic carbocycles. The Labute approximate surface area is 169 Å². The van der Waals surface area contributed by atoms with E-state index in [-0.39, 0.29) is 5.91 Å². The summed E-state index contributed by atoms with van der Waals surface area (Å²) < 4.78 is 0. The van der Waals surface area contributed by atoms with Crippen LogP contribution in [0, 0.1) is 0 Å².